The number of rotatable bonds is 3. The van der Waals surface area contributed by atoms with E-state index < -0.39 is 17.9 Å². The van der Waals surface area contributed by atoms with E-state index in [0.717, 1.165) is 0 Å². The van der Waals surface area contributed by atoms with E-state index in [4.69, 9.17) is 14.6 Å². The van der Waals surface area contributed by atoms with Crippen LogP contribution in [-0.2, 0) is 9.47 Å². The minimum Gasteiger partial charge on any atom is -0.444 e. The molecule has 0 unspecified atom stereocenters. The fourth-order valence-corrected chi connectivity index (χ4v) is 0.618. The Hall–Kier alpha value is -0.810. The third-order valence-corrected chi connectivity index (χ3v) is 1.13. The molecule has 0 aliphatic heterocycles. The molecule has 0 bridgehead atoms. The van der Waals surface area contributed by atoms with Crippen LogP contribution in [0.3, 0.4) is 0 Å². The molecule has 0 saturated heterocycles. The highest BCUT2D eigenvalue weighted by Crippen LogP contribution is 2.06. The zero-order chi connectivity index (χ0) is 10.5. The summed E-state index contributed by atoms with van der Waals surface area (Å²) in [5.74, 6) is 0. The summed E-state index contributed by atoms with van der Waals surface area (Å²) in [7, 11) is 1.39. The highest BCUT2D eigenvalue weighted by Gasteiger charge is 2.18. The van der Waals surface area contributed by atoms with Crippen molar-refractivity contribution in [2.24, 2.45) is 0 Å². The van der Waals surface area contributed by atoms with Gasteiger partial charge in [0.15, 0.2) is 6.23 Å². The second-order valence-corrected chi connectivity index (χ2v) is 3.55. The van der Waals surface area contributed by atoms with Gasteiger partial charge in [0.05, 0.1) is 6.61 Å². The third-order valence-electron chi connectivity index (χ3n) is 1.13. The number of methoxy groups -OCH3 is 1. The van der Waals surface area contributed by atoms with E-state index in [9.17, 15) is 4.79 Å². The number of hydrogen-bond donors (Lipinski definition) is 2. The molecule has 0 aromatic carbocycles. The number of ether oxygens (including phenoxy) is 2. The summed E-state index contributed by atoms with van der Waals surface area (Å²) in [4.78, 5) is 11.1. The number of alkyl carbamates (subject to hydrolysis) is 1. The summed E-state index contributed by atoms with van der Waals surface area (Å²) in [6.07, 6.45) is -1.32. The summed E-state index contributed by atoms with van der Waals surface area (Å²) in [6, 6.07) is 0. The van der Waals surface area contributed by atoms with Crippen LogP contribution in [0, 0.1) is 0 Å². The smallest absolute Gasteiger partial charge is 0.409 e. The Bertz CT molecular complexity index is 160. The van der Waals surface area contributed by atoms with Crippen LogP contribution in [0.2, 0.25) is 0 Å². The lowest BCUT2D eigenvalue weighted by molar-refractivity contribution is 0.00288. The molecule has 0 radical (unpaired) electrons. The second-order valence-electron chi connectivity index (χ2n) is 3.55. The van der Waals surface area contributed by atoms with E-state index in [1.165, 1.54) is 7.11 Å². The fraction of sp³-hybridized carbons (Fsp3) is 0.875. The van der Waals surface area contributed by atoms with Crippen LogP contribution >= 0.6 is 0 Å². The van der Waals surface area contributed by atoms with Crippen LogP contribution < -0.4 is 5.32 Å². The number of amides is 1. The first kappa shape index (κ1) is 12.2. The van der Waals surface area contributed by atoms with E-state index in [0.29, 0.717) is 0 Å². The van der Waals surface area contributed by atoms with E-state index in [1.54, 1.807) is 20.8 Å². The molecule has 0 heterocycles. The molecule has 1 atom stereocenters. The first-order valence-corrected chi connectivity index (χ1v) is 4.02. The molecule has 0 aliphatic rings. The van der Waals surface area contributed by atoms with Crippen LogP contribution in [0.1, 0.15) is 20.8 Å². The maximum Gasteiger partial charge on any atom is 0.409 e. The predicted octanol–water partition coefficient (Wildman–Crippen LogP) is 0.476. The van der Waals surface area contributed by atoms with Gasteiger partial charge in [0.2, 0.25) is 0 Å². The molecule has 0 spiro atoms. The largest absolute Gasteiger partial charge is 0.444 e. The molecule has 0 saturated carbocycles. The average Bonchev–Trinajstić information content (AvgIpc) is 1.96. The zero-order valence-corrected chi connectivity index (χ0v) is 8.46. The highest BCUT2D eigenvalue weighted by molar-refractivity contribution is 5.67. The Morgan fingerprint density at radius 1 is 1.54 bits per heavy atom. The molecule has 5 heteroatoms. The van der Waals surface area contributed by atoms with Crippen LogP contribution in [0.25, 0.3) is 0 Å². The molecule has 5 nitrogen and oxygen atoms in total. The first-order chi connectivity index (χ1) is 5.89. The lowest BCUT2D eigenvalue weighted by atomic mass is 10.2. The van der Waals surface area contributed by atoms with Crippen molar-refractivity contribution in [2.75, 3.05) is 13.7 Å². The van der Waals surface area contributed by atoms with Crippen LogP contribution in [0.4, 0.5) is 4.79 Å². The van der Waals surface area contributed by atoms with Crippen molar-refractivity contribution in [3.63, 3.8) is 0 Å². The van der Waals surface area contributed by atoms with Gasteiger partial charge < -0.3 is 14.6 Å². The first-order valence-electron chi connectivity index (χ1n) is 4.02. The lowest BCUT2D eigenvalue weighted by Crippen LogP contribution is -2.41. The molecular weight excluding hydrogens is 174 g/mol. The molecule has 13 heavy (non-hydrogen) atoms. The van der Waals surface area contributed by atoms with Gasteiger partial charge >= 0.3 is 6.09 Å². The Balaban J connectivity index is 3.86. The summed E-state index contributed by atoms with van der Waals surface area (Å²) in [5.41, 5.74) is -0.544. The Morgan fingerprint density at radius 3 is 2.38 bits per heavy atom. The second kappa shape index (κ2) is 5.04. The van der Waals surface area contributed by atoms with Gasteiger partial charge in [-0.25, -0.2) is 4.79 Å². The third kappa shape index (κ3) is 6.36. The quantitative estimate of drug-likeness (QED) is 0.636. The van der Waals surface area contributed by atoms with Crippen molar-refractivity contribution in [1.82, 2.24) is 5.32 Å². The fourth-order valence-electron chi connectivity index (χ4n) is 0.618. The predicted molar refractivity (Wildman–Crippen MR) is 47.3 cm³/mol. The normalized spacial score (nSPS) is 13.6. The zero-order valence-electron chi connectivity index (χ0n) is 8.46. The number of aliphatic hydroxyl groups excluding tert-OH is 1. The van der Waals surface area contributed by atoms with Crippen molar-refractivity contribution >= 4 is 6.09 Å². The van der Waals surface area contributed by atoms with Gasteiger partial charge in [-0.2, -0.15) is 0 Å². The van der Waals surface area contributed by atoms with E-state index in [1.807, 2.05) is 0 Å². The molecule has 1 amide bonds. The van der Waals surface area contributed by atoms with Gasteiger partial charge in [-0.1, -0.05) is 0 Å². The molecule has 2 N–H and O–H groups in total. The molecule has 78 valence electrons. The van der Waals surface area contributed by atoms with Crippen molar-refractivity contribution in [3.05, 3.63) is 0 Å². The number of nitrogens with one attached hydrogen (secondary N) is 1. The van der Waals surface area contributed by atoms with Crippen LogP contribution in [0.15, 0.2) is 0 Å². The van der Waals surface area contributed by atoms with E-state index in [-0.39, 0.29) is 6.61 Å². The Kier molecular flexibility index (Phi) is 4.72. The molecular formula is C8H17NO4. The monoisotopic (exact) mass is 191 g/mol. The minimum atomic E-state index is -0.713. The minimum absolute atomic E-state index is 0.282. The van der Waals surface area contributed by atoms with Crippen LogP contribution in [0.5, 0.6) is 0 Å². The number of hydrogen-bond acceptors (Lipinski definition) is 4. The van der Waals surface area contributed by atoms with Crippen molar-refractivity contribution in [1.29, 1.82) is 0 Å². The summed E-state index contributed by atoms with van der Waals surface area (Å²) in [6.45, 7) is 4.99. The maximum absolute atomic E-state index is 11.1. The summed E-state index contributed by atoms with van der Waals surface area (Å²) in [5, 5.41) is 11.0. The Labute approximate surface area is 78.0 Å². The molecule has 0 aliphatic carbocycles. The van der Waals surface area contributed by atoms with Gasteiger partial charge in [0.25, 0.3) is 0 Å². The average molecular weight is 191 g/mol. The molecule has 0 aromatic heterocycles. The SMILES string of the molecule is CO[C@@H](CO)NC(=O)OC(C)(C)C. The van der Waals surface area contributed by atoms with Gasteiger partial charge in [0.1, 0.15) is 5.60 Å². The maximum atomic E-state index is 11.1. The molecule has 0 aromatic rings. The van der Waals surface area contributed by atoms with Gasteiger partial charge in [0, 0.05) is 7.11 Å². The highest BCUT2D eigenvalue weighted by atomic mass is 16.6. The van der Waals surface area contributed by atoms with E-state index in [2.05, 4.69) is 5.32 Å². The van der Waals surface area contributed by atoms with Gasteiger partial charge in [-0.05, 0) is 20.8 Å². The van der Waals surface area contributed by atoms with E-state index >= 15 is 0 Å². The molecule has 0 rings (SSSR count). The topological polar surface area (TPSA) is 67.8 Å². The lowest BCUT2D eigenvalue weighted by Gasteiger charge is -2.21. The van der Waals surface area contributed by atoms with Crippen molar-refractivity contribution in [3.8, 4) is 0 Å². The Morgan fingerprint density at radius 2 is 2.08 bits per heavy atom. The standard InChI is InChI=1S/C8H17NO4/c1-8(2,3)13-7(11)9-6(5-10)12-4/h6,10H,5H2,1-4H3,(H,9,11)/t6-/m0/s1. The number of carbonyl (C=O) groups is 1. The number of aliphatic hydroxyl groups is 1. The summed E-state index contributed by atoms with van der Waals surface area (Å²) >= 11 is 0. The van der Waals surface area contributed by atoms with Crippen molar-refractivity contribution < 1.29 is 19.4 Å². The number of carbonyl (C=O) groups excluding carboxylic acids is 1. The van der Waals surface area contributed by atoms with Gasteiger partial charge in [-0.15, -0.1) is 0 Å². The van der Waals surface area contributed by atoms with Crippen molar-refractivity contribution in [2.45, 2.75) is 32.6 Å². The summed E-state index contributed by atoms with van der Waals surface area (Å²) < 4.78 is 9.65. The molecule has 0 fully saturated rings. The van der Waals surface area contributed by atoms with Gasteiger partial charge in [-0.3, -0.25) is 5.32 Å². The van der Waals surface area contributed by atoms with Crippen LogP contribution in [-0.4, -0.2) is 36.7 Å².